The second-order valence-corrected chi connectivity index (χ2v) is 9.52. The van der Waals surface area contributed by atoms with Crippen molar-refractivity contribution < 1.29 is 13.2 Å². The second-order valence-electron chi connectivity index (χ2n) is 7.77. The Balaban J connectivity index is 1.72. The molecule has 1 unspecified atom stereocenters. The van der Waals surface area contributed by atoms with Gasteiger partial charge in [-0.25, -0.2) is 17.9 Å². The fraction of sp³-hybridized carbons (Fsp3) is 0.381. The summed E-state index contributed by atoms with van der Waals surface area (Å²) in [7, 11) is -3.53. The zero-order valence-corrected chi connectivity index (χ0v) is 18.3. The summed E-state index contributed by atoms with van der Waals surface area (Å²) in [6, 6.07) is 9.64. The predicted molar refractivity (Wildman–Crippen MR) is 118 cm³/mol. The molecule has 4 rings (SSSR count). The Bertz CT molecular complexity index is 1290. The van der Waals surface area contributed by atoms with Crippen LogP contribution in [0.15, 0.2) is 41.2 Å². The third-order valence-corrected chi connectivity index (χ3v) is 6.05. The van der Waals surface area contributed by atoms with E-state index in [1.807, 2.05) is 13.0 Å². The van der Waals surface area contributed by atoms with Crippen molar-refractivity contribution in [3.8, 4) is 0 Å². The highest BCUT2D eigenvalue weighted by atomic mass is 32.2. The highest BCUT2D eigenvalue weighted by Crippen LogP contribution is 2.33. The molecule has 1 atom stereocenters. The number of likely N-dealkylation sites (tertiary alicyclic amines) is 1. The lowest BCUT2D eigenvalue weighted by Crippen LogP contribution is -2.39. The van der Waals surface area contributed by atoms with Crippen molar-refractivity contribution in [1.82, 2.24) is 19.5 Å². The van der Waals surface area contributed by atoms with E-state index in [0.717, 1.165) is 31.2 Å². The van der Waals surface area contributed by atoms with Gasteiger partial charge in [-0.05, 0) is 37.8 Å². The fourth-order valence-electron chi connectivity index (χ4n) is 4.02. The van der Waals surface area contributed by atoms with E-state index in [4.69, 9.17) is 0 Å². The van der Waals surface area contributed by atoms with Gasteiger partial charge in [-0.15, -0.1) is 0 Å². The lowest BCUT2D eigenvalue weighted by molar-refractivity contribution is 0.0607. The number of hydrogen-bond donors (Lipinski definition) is 2. The van der Waals surface area contributed by atoms with Gasteiger partial charge in [-0.1, -0.05) is 19.1 Å². The number of sulfonamides is 1. The lowest BCUT2D eigenvalue weighted by atomic mass is 9.98. The van der Waals surface area contributed by atoms with Gasteiger partial charge in [0.15, 0.2) is 5.65 Å². The number of hydrogen-bond acceptors (Lipinski definition) is 5. The lowest BCUT2D eigenvalue weighted by Gasteiger charge is -2.35. The number of carbonyl (C=O) groups is 1. The van der Waals surface area contributed by atoms with Crippen LogP contribution in [0.1, 0.15) is 54.0 Å². The number of carbonyl (C=O) groups excluding carboxylic acids is 1. The normalized spacial score (nSPS) is 17.1. The maximum Gasteiger partial charge on any atom is 0.272 e. The molecule has 1 amide bonds. The molecule has 1 aromatic carbocycles. The zero-order chi connectivity index (χ0) is 22.2. The molecule has 3 heterocycles. The summed E-state index contributed by atoms with van der Waals surface area (Å²) < 4.78 is 27.3. The van der Waals surface area contributed by atoms with E-state index in [-0.39, 0.29) is 23.2 Å². The largest absolute Gasteiger partial charge is 0.330 e. The molecule has 0 saturated carbocycles. The van der Waals surface area contributed by atoms with Gasteiger partial charge in [0.2, 0.25) is 10.0 Å². The number of anilines is 1. The first-order chi connectivity index (χ1) is 14.8. The monoisotopic (exact) mass is 443 g/mol. The summed E-state index contributed by atoms with van der Waals surface area (Å²) in [5.41, 5.74) is 2.33. The number of rotatable bonds is 5. The molecule has 9 nitrogen and oxygen atoms in total. The van der Waals surface area contributed by atoms with Crippen LogP contribution >= 0.6 is 0 Å². The van der Waals surface area contributed by atoms with Crippen LogP contribution < -0.4 is 10.3 Å². The van der Waals surface area contributed by atoms with Gasteiger partial charge in [-0.3, -0.25) is 19.4 Å². The van der Waals surface area contributed by atoms with Crippen LogP contribution in [0.25, 0.3) is 5.65 Å². The van der Waals surface area contributed by atoms with E-state index in [0.29, 0.717) is 29.9 Å². The van der Waals surface area contributed by atoms with Gasteiger partial charge in [0.1, 0.15) is 0 Å². The Labute approximate surface area is 180 Å². The van der Waals surface area contributed by atoms with Crippen molar-refractivity contribution in [1.29, 1.82) is 0 Å². The predicted octanol–water partition coefficient (Wildman–Crippen LogP) is 2.32. The molecule has 31 heavy (non-hydrogen) atoms. The number of piperidine rings is 1. The molecule has 1 aliphatic heterocycles. The minimum atomic E-state index is -3.53. The smallest absolute Gasteiger partial charge is 0.272 e. The van der Waals surface area contributed by atoms with Crippen LogP contribution in [0.4, 0.5) is 5.69 Å². The molecule has 1 saturated heterocycles. The maximum absolute atomic E-state index is 13.5. The molecule has 0 bridgehead atoms. The molecule has 1 fully saturated rings. The summed E-state index contributed by atoms with van der Waals surface area (Å²) in [4.78, 5) is 32.1. The number of aromatic amines is 1. The van der Waals surface area contributed by atoms with Crippen LogP contribution in [0, 0.1) is 0 Å². The third kappa shape index (κ3) is 4.34. The summed E-state index contributed by atoms with van der Waals surface area (Å²) >= 11 is 0. The number of benzene rings is 1. The van der Waals surface area contributed by atoms with E-state index in [1.54, 1.807) is 29.2 Å². The van der Waals surface area contributed by atoms with E-state index in [1.165, 1.54) is 10.6 Å². The molecule has 3 aromatic rings. The second kappa shape index (κ2) is 8.18. The minimum Gasteiger partial charge on any atom is -0.330 e. The molecule has 0 aliphatic carbocycles. The average molecular weight is 444 g/mol. The van der Waals surface area contributed by atoms with E-state index < -0.39 is 10.0 Å². The van der Waals surface area contributed by atoms with Crippen molar-refractivity contribution in [2.45, 2.75) is 38.6 Å². The maximum atomic E-state index is 13.5. The molecular weight excluding hydrogens is 418 g/mol. The Morgan fingerprint density at radius 1 is 1.26 bits per heavy atom. The summed E-state index contributed by atoms with van der Waals surface area (Å²) in [6.07, 6.45) is 4.23. The summed E-state index contributed by atoms with van der Waals surface area (Å²) in [5.74, 6) is -0.260. The quantitative estimate of drug-likeness (QED) is 0.628. The van der Waals surface area contributed by atoms with Crippen LogP contribution in [0.2, 0.25) is 0 Å². The third-order valence-electron chi connectivity index (χ3n) is 5.46. The van der Waals surface area contributed by atoms with E-state index >= 15 is 0 Å². The zero-order valence-electron chi connectivity index (χ0n) is 17.5. The van der Waals surface area contributed by atoms with Gasteiger partial charge >= 0.3 is 0 Å². The highest BCUT2D eigenvalue weighted by molar-refractivity contribution is 7.92. The van der Waals surface area contributed by atoms with Crippen molar-refractivity contribution in [3.63, 3.8) is 0 Å². The van der Waals surface area contributed by atoms with Crippen LogP contribution in [0.3, 0.4) is 0 Å². The molecule has 164 valence electrons. The first-order valence-corrected chi connectivity index (χ1v) is 12.2. The van der Waals surface area contributed by atoms with Crippen molar-refractivity contribution in [3.05, 3.63) is 63.7 Å². The molecule has 10 heteroatoms. The van der Waals surface area contributed by atoms with Crippen molar-refractivity contribution in [2.24, 2.45) is 0 Å². The number of fused-ring (bicyclic) bond motifs is 1. The molecule has 0 radical (unpaired) electrons. The SMILES string of the molecule is CCc1cc(=O)n2[nH]c(C3CCCCN3C(=O)c3ccccc3NS(C)(=O)=O)cc2n1. The number of aromatic nitrogens is 3. The first-order valence-electron chi connectivity index (χ1n) is 10.3. The van der Waals surface area contributed by atoms with Crippen LogP contribution in [-0.2, 0) is 16.4 Å². The van der Waals surface area contributed by atoms with Gasteiger partial charge in [0.05, 0.1) is 29.2 Å². The van der Waals surface area contributed by atoms with Crippen molar-refractivity contribution in [2.75, 3.05) is 17.5 Å². The summed E-state index contributed by atoms with van der Waals surface area (Å²) in [6.45, 7) is 2.48. The standard InChI is InChI=1S/C21H25N5O4S/c1-3-14-12-20(27)26-19(22-14)13-17(23-26)18-10-6-7-11-25(18)21(28)15-8-4-5-9-16(15)24-31(2,29)30/h4-5,8-9,12-13,18,23-24H,3,6-7,10-11H2,1-2H3. The number of nitrogens with zero attached hydrogens (tertiary/aromatic N) is 3. The van der Waals surface area contributed by atoms with Gasteiger partial charge < -0.3 is 4.90 Å². The topological polar surface area (TPSA) is 117 Å². The molecule has 0 spiro atoms. The first kappa shape index (κ1) is 21.1. The fourth-order valence-corrected chi connectivity index (χ4v) is 4.60. The van der Waals surface area contributed by atoms with Gasteiger partial charge in [0.25, 0.3) is 11.5 Å². The molecular formula is C21H25N5O4S. The molecule has 1 aliphatic rings. The van der Waals surface area contributed by atoms with E-state index in [2.05, 4.69) is 14.8 Å². The van der Waals surface area contributed by atoms with Crippen LogP contribution in [0.5, 0.6) is 0 Å². The number of amides is 1. The van der Waals surface area contributed by atoms with Crippen molar-refractivity contribution >= 4 is 27.3 Å². The number of H-pyrrole nitrogens is 1. The van der Waals surface area contributed by atoms with Gasteiger partial charge in [-0.2, -0.15) is 0 Å². The Morgan fingerprint density at radius 2 is 2.03 bits per heavy atom. The molecule has 2 aromatic heterocycles. The van der Waals surface area contributed by atoms with E-state index in [9.17, 15) is 18.0 Å². The number of aryl methyl sites for hydroxylation is 1. The molecule has 2 N–H and O–H groups in total. The highest BCUT2D eigenvalue weighted by Gasteiger charge is 2.31. The van der Waals surface area contributed by atoms with Gasteiger partial charge in [0, 0.05) is 24.4 Å². The van der Waals surface area contributed by atoms with Crippen LogP contribution in [-0.4, -0.2) is 46.6 Å². The number of nitrogens with one attached hydrogen (secondary N) is 2. The number of para-hydroxylation sites is 1. The average Bonchev–Trinajstić information content (AvgIpc) is 3.17. The summed E-state index contributed by atoms with van der Waals surface area (Å²) in [5, 5.41) is 3.11. The minimum absolute atomic E-state index is 0.190. The Morgan fingerprint density at radius 3 is 2.77 bits per heavy atom. The Kier molecular flexibility index (Phi) is 5.57. The Hall–Kier alpha value is -3.14.